The minimum Gasteiger partial charge on any atom is -0.491 e. The van der Waals surface area contributed by atoms with Crippen molar-refractivity contribution in [2.75, 3.05) is 29.5 Å². The number of nitrogens with zero attached hydrogens (tertiary/aromatic N) is 1. The van der Waals surface area contributed by atoms with Crippen LogP contribution in [0.4, 0.5) is 11.4 Å². The van der Waals surface area contributed by atoms with Crippen LogP contribution in [0.15, 0.2) is 42.5 Å². The first-order valence-corrected chi connectivity index (χ1v) is 11.1. The van der Waals surface area contributed by atoms with Gasteiger partial charge in [-0.3, -0.25) is 4.31 Å². The zero-order chi connectivity index (χ0) is 20.9. The molecule has 0 fully saturated rings. The van der Waals surface area contributed by atoms with Crippen molar-refractivity contribution in [1.29, 1.82) is 0 Å². The van der Waals surface area contributed by atoms with Gasteiger partial charge in [0, 0.05) is 12.7 Å². The topological polar surface area (TPSA) is 70.7 Å². The highest BCUT2D eigenvalue weighted by atomic mass is 32.2. The number of nitrogens with one attached hydrogen (secondary N) is 2. The first kappa shape index (κ1) is 22.0. The summed E-state index contributed by atoms with van der Waals surface area (Å²) >= 11 is 5.35. The second-order valence-electron chi connectivity index (χ2n) is 6.84. The summed E-state index contributed by atoms with van der Waals surface area (Å²) in [7, 11) is -1.81. The molecule has 8 heteroatoms. The molecule has 0 aliphatic rings. The third-order valence-electron chi connectivity index (χ3n) is 4.32. The maximum absolute atomic E-state index is 11.7. The fraction of sp³-hybridized carbons (Fsp3) is 0.350. The standard InChI is InChI=1S/C20H27N3O3S2/c1-14-9-10-19(11-15(14)2)26-13-16(3)21-20(27)22-17-7-6-8-18(12-17)23(4)28(5,24)25/h6-12,16H,13H2,1-5H3,(H2,21,22,27). The number of ether oxygens (including phenoxy) is 1. The minimum atomic E-state index is -3.32. The molecule has 1 unspecified atom stereocenters. The van der Waals surface area contributed by atoms with Crippen molar-refractivity contribution in [3.05, 3.63) is 53.6 Å². The van der Waals surface area contributed by atoms with Crippen LogP contribution in [-0.2, 0) is 10.0 Å². The van der Waals surface area contributed by atoms with Crippen LogP contribution >= 0.6 is 12.2 Å². The van der Waals surface area contributed by atoms with Gasteiger partial charge in [0.15, 0.2) is 5.11 Å². The molecule has 0 saturated heterocycles. The lowest BCUT2D eigenvalue weighted by atomic mass is 10.1. The van der Waals surface area contributed by atoms with Gasteiger partial charge in [-0.05, 0) is 74.4 Å². The Morgan fingerprint density at radius 3 is 2.54 bits per heavy atom. The number of sulfonamides is 1. The predicted octanol–water partition coefficient (Wildman–Crippen LogP) is 3.45. The lowest BCUT2D eigenvalue weighted by molar-refractivity contribution is 0.287. The Hall–Kier alpha value is -2.32. The molecular formula is C20H27N3O3S2. The maximum atomic E-state index is 11.7. The molecule has 0 heterocycles. The Kier molecular flexibility index (Phi) is 7.26. The van der Waals surface area contributed by atoms with Gasteiger partial charge >= 0.3 is 0 Å². The Bertz CT molecular complexity index is 945. The molecule has 0 amide bonds. The second kappa shape index (κ2) is 9.25. The van der Waals surface area contributed by atoms with Crippen LogP contribution in [-0.4, -0.2) is 39.5 Å². The van der Waals surface area contributed by atoms with E-state index in [1.54, 1.807) is 18.2 Å². The summed E-state index contributed by atoms with van der Waals surface area (Å²) in [5, 5.41) is 6.68. The number of hydrogen-bond acceptors (Lipinski definition) is 4. The predicted molar refractivity (Wildman–Crippen MR) is 120 cm³/mol. The third kappa shape index (κ3) is 6.38. The zero-order valence-corrected chi connectivity index (χ0v) is 18.4. The van der Waals surface area contributed by atoms with E-state index in [1.807, 2.05) is 31.2 Å². The summed E-state index contributed by atoms with van der Waals surface area (Å²) in [5.74, 6) is 0.826. The van der Waals surface area contributed by atoms with Crippen molar-refractivity contribution in [1.82, 2.24) is 5.32 Å². The van der Waals surface area contributed by atoms with Crippen LogP contribution in [0.3, 0.4) is 0 Å². The van der Waals surface area contributed by atoms with Crippen molar-refractivity contribution < 1.29 is 13.2 Å². The van der Waals surface area contributed by atoms with Gasteiger partial charge in [-0.1, -0.05) is 12.1 Å². The number of benzene rings is 2. The van der Waals surface area contributed by atoms with Gasteiger partial charge in [0.2, 0.25) is 10.0 Å². The molecule has 2 aromatic rings. The third-order valence-corrected chi connectivity index (χ3v) is 5.75. The summed E-state index contributed by atoms with van der Waals surface area (Å²) in [6.45, 7) is 6.55. The molecule has 0 aromatic heterocycles. The molecule has 152 valence electrons. The summed E-state index contributed by atoms with van der Waals surface area (Å²) in [4.78, 5) is 0. The van der Waals surface area contributed by atoms with Gasteiger partial charge < -0.3 is 15.4 Å². The van der Waals surface area contributed by atoms with E-state index < -0.39 is 10.0 Å². The number of aryl methyl sites for hydroxylation is 2. The number of thiocarbonyl (C=S) groups is 1. The Balaban J connectivity index is 1.90. The summed E-state index contributed by atoms with van der Waals surface area (Å²) < 4.78 is 30.4. The number of hydrogen-bond donors (Lipinski definition) is 2. The second-order valence-corrected chi connectivity index (χ2v) is 9.26. The minimum absolute atomic E-state index is 0.0107. The van der Waals surface area contributed by atoms with E-state index >= 15 is 0 Å². The molecule has 2 N–H and O–H groups in total. The molecule has 0 radical (unpaired) electrons. The van der Waals surface area contributed by atoms with Crippen LogP contribution in [0, 0.1) is 13.8 Å². The molecule has 0 aliphatic carbocycles. The van der Waals surface area contributed by atoms with Gasteiger partial charge in [0.25, 0.3) is 0 Å². The van der Waals surface area contributed by atoms with E-state index in [1.165, 1.54) is 22.5 Å². The number of anilines is 2. The van der Waals surface area contributed by atoms with Crippen molar-refractivity contribution in [2.24, 2.45) is 0 Å². The van der Waals surface area contributed by atoms with E-state index in [0.717, 1.165) is 12.0 Å². The smallest absolute Gasteiger partial charge is 0.231 e. The Labute approximate surface area is 173 Å². The summed E-state index contributed by atoms with van der Waals surface area (Å²) in [6.07, 6.45) is 1.16. The quantitative estimate of drug-likeness (QED) is 0.668. The Morgan fingerprint density at radius 2 is 1.89 bits per heavy atom. The molecule has 0 bridgehead atoms. The highest BCUT2D eigenvalue weighted by Gasteiger charge is 2.12. The van der Waals surface area contributed by atoms with Gasteiger partial charge in [0.05, 0.1) is 18.0 Å². The molecule has 0 saturated carbocycles. The molecule has 1 atom stereocenters. The van der Waals surface area contributed by atoms with E-state index in [2.05, 4.69) is 24.5 Å². The van der Waals surface area contributed by atoms with E-state index in [9.17, 15) is 8.42 Å². The molecule has 28 heavy (non-hydrogen) atoms. The molecule has 0 aliphatic heterocycles. The zero-order valence-electron chi connectivity index (χ0n) is 16.8. The van der Waals surface area contributed by atoms with Crippen LogP contribution in [0.25, 0.3) is 0 Å². The summed E-state index contributed by atoms with van der Waals surface area (Å²) in [6, 6.07) is 13.0. The first-order valence-electron chi connectivity index (χ1n) is 8.88. The largest absolute Gasteiger partial charge is 0.491 e. The lowest BCUT2D eigenvalue weighted by Gasteiger charge is -2.20. The van der Waals surface area contributed by atoms with Crippen LogP contribution in [0.2, 0.25) is 0 Å². The first-order chi connectivity index (χ1) is 13.1. The van der Waals surface area contributed by atoms with Gasteiger partial charge in [-0.15, -0.1) is 0 Å². The Morgan fingerprint density at radius 1 is 1.18 bits per heavy atom. The average molecular weight is 422 g/mol. The number of rotatable bonds is 7. The van der Waals surface area contributed by atoms with E-state index in [-0.39, 0.29) is 6.04 Å². The average Bonchev–Trinajstić information content (AvgIpc) is 2.61. The molecule has 0 spiro atoms. The molecule has 2 aromatic carbocycles. The molecule has 6 nitrogen and oxygen atoms in total. The highest BCUT2D eigenvalue weighted by Crippen LogP contribution is 2.20. The van der Waals surface area contributed by atoms with E-state index in [4.69, 9.17) is 17.0 Å². The molecule has 2 rings (SSSR count). The van der Waals surface area contributed by atoms with Crippen LogP contribution in [0.1, 0.15) is 18.1 Å². The monoisotopic (exact) mass is 421 g/mol. The highest BCUT2D eigenvalue weighted by molar-refractivity contribution is 7.92. The van der Waals surface area contributed by atoms with Gasteiger partial charge in [-0.2, -0.15) is 0 Å². The lowest BCUT2D eigenvalue weighted by Crippen LogP contribution is -2.39. The molecular weight excluding hydrogens is 394 g/mol. The maximum Gasteiger partial charge on any atom is 0.231 e. The van der Waals surface area contributed by atoms with Crippen molar-refractivity contribution >= 4 is 38.7 Å². The SMILES string of the molecule is Cc1ccc(OCC(C)NC(=S)Nc2cccc(N(C)S(C)(=O)=O)c2)cc1C. The fourth-order valence-electron chi connectivity index (χ4n) is 2.43. The van der Waals surface area contributed by atoms with Gasteiger partial charge in [0.1, 0.15) is 12.4 Å². The normalized spacial score (nSPS) is 12.2. The van der Waals surface area contributed by atoms with E-state index in [0.29, 0.717) is 23.1 Å². The van der Waals surface area contributed by atoms with Crippen LogP contribution in [0.5, 0.6) is 5.75 Å². The fourth-order valence-corrected chi connectivity index (χ4v) is 3.24. The van der Waals surface area contributed by atoms with Crippen molar-refractivity contribution in [3.63, 3.8) is 0 Å². The van der Waals surface area contributed by atoms with Crippen LogP contribution < -0.4 is 19.7 Å². The van der Waals surface area contributed by atoms with Crippen molar-refractivity contribution in [2.45, 2.75) is 26.8 Å². The van der Waals surface area contributed by atoms with Crippen molar-refractivity contribution in [3.8, 4) is 5.75 Å². The van der Waals surface area contributed by atoms with Gasteiger partial charge in [-0.25, -0.2) is 8.42 Å². The summed E-state index contributed by atoms with van der Waals surface area (Å²) in [5.41, 5.74) is 3.68.